The van der Waals surface area contributed by atoms with Crippen LogP contribution in [0, 0.1) is 5.82 Å². The summed E-state index contributed by atoms with van der Waals surface area (Å²) in [6.45, 7) is 2.83. The normalized spacial score (nSPS) is 20.4. The summed E-state index contributed by atoms with van der Waals surface area (Å²) in [6.07, 6.45) is 4.99. The first-order valence-electron chi connectivity index (χ1n) is 8.01. The highest BCUT2D eigenvalue weighted by molar-refractivity contribution is 5.88. The van der Waals surface area contributed by atoms with E-state index in [1.807, 2.05) is 4.90 Å². The summed E-state index contributed by atoms with van der Waals surface area (Å²) in [5, 5.41) is 2.69. The molecule has 1 aliphatic heterocycles. The molecule has 1 saturated heterocycles. The van der Waals surface area contributed by atoms with Crippen molar-refractivity contribution in [2.24, 2.45) is 0 Å². The molecule has 1 saturated carbocycles. The van der Waals surface area contributed by atoms with Crippen LogP contribution in [0.5, 0.6) is 0 Å². The molecule has 3 amide bonds. The summed E-state index contributed by atoms with van der Waals surface area (Å²) in [4.78, 5) is 31.7. The third-order valence-corrected chi connectivity index (χ3v) is 4.40. The summed E-state index contributed by atoms with van der Waals surface area (Å²) in [7, 11) is 0. The number of nitrogens with zero attached hydrogens (tertiary/aromatic N) is 3. The molecule has 1 atom stereocenters. The van der Waals surface area contributed by atoms with Crippen LogP contribution in [0.2, 0.25) is 0 Å². The lowest BCUT2D eigenvalue weighted by Crippen LogP contribution is -2.46. The van der Waals surface area contributed by atoms with Gasteiger partial charge in [-0.05, 0) is 37.8 Å². The van der Waals surface area contributed by atoms with Gasteiger partial charge in [0.15, 0.2) is 0 Å². The fraction of sp³-hybridized carbons (Fsp3) is 0.562. The number of urea groups is 1. The Morgan fingerprint density at radius 2 is 2.17 bits per heavy atom. The van der Waals surface area contributed by atoms with Crippen LogP contribution in [0.25, 0.3) is 0 Å². The Hall–Kier alpha value is -2.18. The van der Waals surface area contributed by atoms with Gasteiger partial charge in [-0.15, -0.1) is 0 Å². The number of carbonyl (C=O) groups is 2. The minimum Gasteiger partial charge on any atom is -0.338 e. The molecule has 2 aliphatic rings. The fourth-order valence-electron chi connectivity index (χ4n) is 3.07. The third-order valence-electron chi connectivity index (χ3n) is 4.40. The molecule has 6 nitrogen and oxygen atoms in total. The van der Waals surface area contributed by atoms with E-state index in [4.69, 9.17) is 0 Å². The summed E-state index contributed by atoms with van der Waals surface area (Å²) in [6, 6.07) is 2.82. The smallest absolute Gasteiger partial charge is 0.323 e. The third kappa shape index (κ3) is 3.78. The van der Waals surface area contributed by atoms with Crippen LogP contribution in [-0.4, -0.2) is 51.9 Å². The van der Waals surface area contributed by atoms with Crippen molar-refractivity contribution in [1.82, 2.24) is 14.8 Å². The number of anilines is 1. The van der Waals surface area contributed by atoms with E-state index in [1.165, 1.54) is 12.1 Å². The average Bonchev–Trinajstić information content (AvgIpc) is 3.24. The molecule has 1 aliphatic carbocycles. The van der Waals surface area contributed by atoms with Crippen LogP contribution in [0.3, 0.4) is 0 Å². The van der Waals surface area contributed by atoms with Gasteiger partial charge in [0.05, 0.1) is 12.2 Å². The van der Waals surface area contributed by atoms with Gasteiger partial charge in [-0.2, -0.15) is 0 Å². The van der Waals surface area contributed by atoms with Crippen LogP contribution in [0.1, 0.15) is 32.6 Å². The Morgan fingerprint density at radius 1 is 1.39 bits per heavy atom. The van der Waals surface area contributed by atoms with Crippen molar-refractivity contribution in [3.63, 3.8) is 0 Å². The molecule has 0 radical (unpaired) electrons. The Kier molecular flexibility index (Phi) is 4.45. The fourth-order valence-corrected chi connectivity index (χ4v) is 3.07. The summed E-state index contributed by atoms with van der Waals surface area (Å²) in [5.74, 6) is -0.0452. The zero-order valence-electron chi connectivity index (χ0n) is 13.2. The van der Waals surface area contributed by atoms with E-state index < -0.39 is 5.82 Å². The highest BCUT2D eigenvalue weighted by atomic mass is 19.1. The summed E-state index contributed by atoms with van der Waals surface area (Å²) >= 11 is 0. The predicted molar refractivity (Wildman–Crippen MR) is 83.4 cm³/mol. The Labute approximate surface area is 134 Å². The number of hydrogen-bond donors (Lipinski definition) is 1. The molecule has 124 valence electrons. The zero-order chi connectivity index (χ0) is 16.4. The maximum absolute atomic E-state index is 12.9. The largest absolute Gasteiger partial charge is 0.338 e. The van der Waals surface area contributed by atoms with E-state index in [-0.39, 0.29) is 18.0 Å². The van der Waals surface area contributed by atoms with Crippen LogP contribution < -0.4 is 5.32 Å². The number of amides is 3. The van der Waals surface area contributed by atoms with Gasteiger partial charge in [0.25, 0.3) is 0 Å². The monoisotopic (exact) mass is 320 g/mol. The highest BCUT2D eigenvalue weighted by Gasteiger charge is 2.36. The second-order valence-corrected chi connectivity index (χ2v) is 6.18. The van der Waals surface area contributed by atoms with Gasteiger partial charge in [0.2, 0.25) is 5.91 Å². The molecule has 1 aromatic rings. The summed E-state index contributed by atoms with van der Waals surface area (Å²) < 4.78 is 12.9. The zero-order valence-corrected chi connectivity index (χ0v) is 13.2. The second kappa shape index (κ2) is 6.52. The number of nitrogens with one attached hydrogen (secondary N) is 1. The topological polar surface area (TPSA) is 65.5 Å². The molecule has 3 rings (SSSR count). The lowest BCUT2D eigenvalue weighted by Gasteiger charge is -2.30. The SMILES string of the molecule is CC(=O)N(C[C@@H]1CCCN1C(=O)Nc1ccc(F)cn1)C1CC1. The number of aromatic nitrogens is 1. The van der Waals surface area contributed by atoms with Crippen molar-refractivity contribution in [2.45, 2.75) is 44.7 Å². The standard InChI is InChI=1S/C16H21FN4O2/c1-11(22)21(13-5-6-13)10-14-3-2-8-20(14)16(23)19-15-7-4-12(17)9-18-15/h4,7,9,13-14H,2-3,5-6,8,10H2,1H3,(H,18,19,23)/t14-/m0/s1. The number of carbonyl (C=O) groups excluding carboxylic acids is 2. The number of likely N-dealkylation sites (tertiary alicyclic amines) is 1. The maximum Gasteiger partial charge on any atom is 0.323 e. The molecule has 0 spiro atoms. The first-order chi connectivity index (χ1) is 11.0. The molecule has 23 heavy (non-hydrogen) atoms. The minimum atomic E-state index is -0.441. The van der Waals surface area contributed by atoms with Gasteiger partial charge >= 0.3 is 6.03 Å². The van der Waals surface area contributed by atoms with E-state index in [2.05, 4.69) is 10.3 Å². The van der Waals surface area contributed by atoms with E-state index >= 15 is 0 Å². The van der Waals surface area contributed by atoms with E-state index in [0.29, 0.717) is 24.9 Å². The van der Waals surface area contributed by atoms with Gasteiger partial charge in [-0.1, -0.05) is 0 Å². The molecule has 7 heteroatoms. The molecule has 0 aromatic carbocycles. The van der Waals surface area contributed by atoms with E-state index in [0.717, 1.165) is 31.9 Å². The van der Waals surface area contributed by atoms with Gasteiger partial charge in [-0.25, -0.2) is 14.2 Å². The van der Waals surface area contributed by atoms with Crippen molar-refractivity contribution in [2.75, 3.05) is 18.4 Å². The maximum atomic E-state index is 12.9. The lowest BCUT2D eigenvalue weighted by atomic mass is 10.2. The molecule has 1 aromatic heterocycles. The summed E-state index contributed by atoms with van der Waals surface area (Å²) in [5.41, 5.74) is 0. The number of hydrogen-bond acceptors (Lipinski definition) is 3. The second-order valence-electron chi connectivity index (χ2n) is 6.18. The van der Waals surface area contributed by atoms with Gasteiger partial charge in [0, 0.05) is 26.1 Å². The van der Waals surface area contributed by atoms with Crippen LogP contribution in [-0.2, 0) is 4.79 Å². The van der Waals surface area contributed by atoms with E-state index in [1.54, 1.807) is 11.8 Å². The molecule has 1 N–H and O–H groups in total. The van der Waals surface area contributed by atoms with E-state index in [9.17, 15) is 14.0 Å². The Morgan fingerprint density at radius 3 is 2.78 bits per heavy atom. The van der Waals surface area contributed by atoms with Gasteiger partial charge in [0.1, 0.15) is 11.6 Å². The Bertz CT molecular complexity index is 588. The predicted octanol–water partition coefficient (Wildman–Crippen LogP) is 2.23. The van der Waals surface area contributed by atoms with Crippen LogP contribution in [0.15, 0.2) is 18.3 Å². The quantitative estimate of drug-likeness (QED) is 0.925. The number of pyridine rings is 1. The lowest BCUT2D eigenvalue weighted by molar-refractivity contribution is -0.130. The van der Waals surface area contributed by atoms with Crippen molar-refractivity contribution in [3.05, 3.63) is 24.1 Å². The van der Waals surface area contributed by atoms with Crippen molar-refractivity contribution in [1.29, 1.82) is 0 Å². The molecule has 2 heterocycles. The Balaban J connectivity index is 1.62. The first-order valence-corrected chi connectivity index (χ1v) is 8.01. The molecular formula is C16H21FN4O2. The minimum absolute atomic E-state index is 0.0277. The highest BCUT2D eigenvalue weighted by Crippen LogP contribution is 2.29. The van der Waals surface area contributed by atoms with Crippen molar-refractivity contribution >= 4 is 17.8 Å². The molecule has 0 unspecified atom stereocenters. The molecular weight excluding hydrogens is 299 g/mol. The van der Waals surface area contributed by atoms with Gasteiger partial charge in [-0.3, -0.25) is 10.1 Å². The number of rotatable bonds is 4. The van der Waals surface area contributed by atoms with Gasteiger partial charge < -0.3 is 9.80 Å². The number of halogens is 1. The van der Waals surface area contributed by atoms with Crippen LogP contribution >= 0.6 is 0 Å². The van der Waals surface area contributed by atoms with Crippen molar-refractivity contribution in [3.8, 4) is 0 Å². The van der Waals surface area contributed by atoms with Crippen molar-refractivity contribution < 1.29 is 14.0 Å². The van der Waals surface area contributed by atoms with Crippen LogP contribution in [0.4, 0.5) is 15.0 Å². The molecule has 0 bridgehead atoms. The molecule has 2 fully saturated rings. The average molecular weight is 320 g/mol. The first kappa shape index (κ1) is 15.7.